The van der Waals surface area contributed by atoms with Crippen LogP contribution in [0.3, 0.4) is 0 Å². The van der Waals surface area contributed by atoms with Gasteiger partial charge in [0.2, 0.25) is 0 Å². The van der Waals surface area contributed by atoms with Gasteiger partial charge in [-0.25, -0.2) is 0 Å². The topological polar surface area (TPSA) is 38.8 Å². The monoisotopic (exact) mass is 223 g/mol. The van der Waals surface area contributed by atoms with Crippen molar-refractivity contribution in [1.82, 2.24) is 4.90 Å². The van der Waals surface area contributed by atoms with Gasteiger partial charge in [-0.3, -0.25) is 9.69 Å². The van der Waals surface area contributed by atoms with E-state index >= 15 is 0 Å². The number of esters is 1. The molecule has 4 nitrogen and oxygen atoms in total. The average Bonchev–Trinajstić information content (AvgIpc) is 2.25. The number of nitrogens with zero attached hydrogens (tertiary/aromatic N) is 1. The molecule has 0 bridgehead atoms. The molecular weight excluding hydrogens is 206 g/mol. The molecule has 0 aliphatic carbocycles. The lowest BCUT2D eigenvalue weighted by molar-refractivity contribution is -0.142. The van der Waals surface area contributed by atoms with Crippen molar-refractivity contribution in [2.75, 3.05) is 20.8 Å². The minimum Gasteiger partial charge on any atom is -0.478 e. The first kappa shape index (κ1) is 12.5. The maximum Gasteiger partial charge on any atom is 0.302 e. The summed E-state index contributed by atoms with van der Waals surface area (Å²) in [4.78, 5) is 12.5. The molecule has 0 unspecified atom stereocenters. The van der Waals surface area contributed by atoms with Crippen molar-refractivity contribution in [1.29, 1.82) is 0 Å². The van der Waals surface area contributed by atoms with Crippen LogP contribution in [0, 0.1) is 0 Å². The van der Waals surface area contributed by atoms with Crippen LogP contribution in [0.2, 0.25) is 0 Å². The molecule has 4 heteroatoms. The van der Waals surface area contributed by atoms with Crippen LogP contribution in [-0.4, -0.2) is 31.7 Å². The Kier molecular flexibility index (Phi) is 4.79. The lowest BCUT2D eigenvalue weighted by atomic mass is 10.2. The zero-order valence-electron chi connectivity index (χ0n) is 9.90. The molecule has 16 heavy (non-hydrogen) atoms. The van der Waals surface area contributed by atoms with Gasteiger partial charge in [-0.1, -0.05) is 12.1 Å². The second kappa shape index (κ2) is 6.12. The third-order valence-corrected chi connectivity index (χ3v) is 1.85. The summed E-state index contributed by atoms with van der Waals surface area (Å²) >= 11 is 0. The molecule has 0 saturated carbocycles. The van der Waals surface area contributed by atoms with Crippen molar-refractivity contribution in [2.45, 2.75) is 13.5 Å². The van der Waals surface area contributed by atoms with Gasteiger partial charge in [0.25, 0.3) is 0 Å². The molecule has 0 N–H and O–H groups in total. The van der Waals surface area contributed by atoms with E-state index in [1.54, 1.807) is 0 Å². The highest BCUT2D eigenvalue weighted by Crippen LogP contribution is 2.12. The van der Waals surface area contributed by atoms with Gasteiger partial charge in [-0.15, -0.1) is 0 Å². The first-order valence-electron chi connectivity index (χ1n) is 5.08. The van der Waals surface area contributed by atoms with Crippen LogP contribution in [0.4, 0.5) is 0 Å². The first-order valence-corrected chi connectivity index (χ1v) is 5.08. The molecular formula is C12H17NO3. The highest BCUT2D eigenvalue weighted by atomic mass is 16.5. The zero-order chi connectivity index (χ0) is 12.0. The average molecular weight is 223 g/mol. The summed E-state index contributed by atoms with van der Waals surface area (Å²) < 4.78 is 10.3. The molecule has 0 aliphatic heterocycles. The van der Waals surface area contributed by atoms with Gasteiger partial charge in [0.15, 0.2) is 0 Å². The molecule has 0 spiro atoms. The van der Waals surface area contributed by atoms with Gasteiger partial charge < -0.3 is 9.47 Å². The van der Waals surface area contributed by atoms with Crippen LogP contribution in [0.15, 0.2) is 24.3 Å². The summed E-state index contributed by atoms with van der Waals surface area (Å²) in [6, 6.07) is 7.49. The number of benzene rings is 1. The number of hydrogen-bond acceptors (Lipinski definition) is 4. The number of rotatable bonds is 5. The van der Waals surface area contributed by atoms with Crippen LogP contribution in [0.1, 0.15) is 12.5 Å². The maximum atomic E-state index is 10.6. The number of carbonyl (C=O) groups is 1. The van der Waals surface area contributed by atoms with Gasteiger partial charge in [-0.2, -0.15) is 0 Å². The van der Waals surface area contributed by atoms with Crippen molar-refractivity contribution in [2.24, 2.45) is 0 Å². The molecule has 1 rings (SSSR count). The van der Waals surface area contributed by atoms with Gasteiger partial charge in [0.05, 0.1) is 0 Å². The molecule has 0 fully saturated rings. The van der Waals surface area contributed by atoms with Crippen LogP contribution >= 0.6 is 0 Å². The SMILES string of the molecule is CC(=O)OCc1ccc(OCN(C)C)cc1. The molecule has 0 amide bonds. The van der Waals surface area contributed by atoms with E-state index in [1.165, 1.54) is 6.92 Å². The lowest BCUT2D eigenvalue weighted by Crippen LogP contribution is -2.18. The van der Waals surface area contributed by atoms with E-state index in [0.717, 1.165) is 11.3 Å². The Morgan fingerprint density at radius 2 is 1.88 bits per heavy atom. The third kappa shape index (κ3) is 4.79. The number of ether oxygens (including phenoxy) is 2. The molecule has 1 aromatic rings. The van der Waals surface area contributed by atoms with Crippen LogP contribution in [0.25, 0.3) is 0 Å². The second-order valence-electron chi connectivity index (χ2n) is 3.78. The van der Waals surface area contributed by atoms with Gasteiger partial charge >= 0.3 is 5.97 Å². The van der Waals surface area contributed by atoms with Crippen LogP contribution < -0.4 is 4.74 Å². The smallest absolute Gasteiger partial charge is 0.302 e. The fraction of sp³-hybridized carbons (Fsp3) is 0.417. The normalized spacial score (nSPS) is 10.2. The van der Waals surface area contributed by atoms with Gasteiger partial charge in [0, 0.05) is 6.92 Å². The van der Waals surface area contributed by atoms with E-state index in [2.05, 4.69) is 0 Å². The summed E-state index contributed by atoms with van der Waals surface area (Å²) in [5, 5.41) is 0. The Morgan fingerprint density at radius 3 is 2.38 bits per heavy atom. The van der Waals surface area contributed by atoms with Gasteiger partial charge in [-0.05, 0) is 31.8 Å². The quantitative estimate of drug-likeness (QED) is 0.562. The van der Waals surface area contributed by atoms with Crippen molar-refractivity contribution in [3.05, 3.63) is 29.8 Å². The first-order chi connectivity index (χ1) is 7.58. The number of hydrogen-bond donors (Lipinski definition) is 0. The molecule has 0 aliphatic rings. The fourth-order valence-corrected chi connectivity index (χ4v) is 1.07. The summed E-state index contributed by atoms with van der Waals surface area (Å²) in [6.45, 7) is 2.25. The Balaban J connectivity index is 2.44. The largest absolute Gasteiger partial charge is 0.478 e. The highest BCUT2D eigenvalue weighted by Gasteiger charge is 1.98. The summed E-state index contributed by atoms with van der Waals surface area (Å²) in [6.07, 6.45) is 0. The Hall–Kier alpha value is -1.55. The molecule has 0 radical (unpaired) electrons. The van der Waals surface area contributed by atoms with E-state index in [0.29, 0.717) is 13.3 Å². The van der Waals surface area contributed by atoms with Crippen molar-refractivity contribution in [3.63, 3.8) is 0 Å². The van der Waals surface area contributed by atoms with Crippen LogP contribution in [-0.2, 0) is 16.1 Å². The Bertz CT molecular complexity index is 333. The van der Waals surface area contributed by atoms with Crippen molar-refractivity contribution in [3.8, 4) is 5.75 Å². The molecule has 1 aromatic carbocycles. The standard InChI is InChI=1S/C12H17NO3/c1-10(14)15-8-11-4-6-12(7-5-11)16-9-13(2)3/h4-7H,8-9H2,1-3H3. The van der Waals surface area contributed by atoms with E-state index in [1.807, 2.05) is 43.3 Å². The molecule has 0 heterocycles. The molecule has 88 valence electrons. The van der Waals surface area contributed by atoms with E-state index in [-0.39, 0.29) is 5.97 Å². The maximum absolute atomic E-state index is 10.6. The van der Waals surface area contributed by atoms with E-state index in [4.69, 9.17) is 9.47 Å². The van der Waals surface area contributed by atoms with Gasteiger partial charge in [0.1, 0.15) is 19.1 Å². The minimum absolute atomic E-state index is 0.270. The predicted molar refractivity (Wildman–Crippen MR) is 61.1 cm³/mol. The van der Waals surface area contributed by atoms with Crippen LogP contribution in [0.5, 0.6) is 5.75 Å². The second-order valence-corrected chi connectivity index (χ2v) is 3.78. The van der Waals surface area contributed by atoms with Crippen molar-refractivity contribution < 1.29 is 14.3 Å². The molecule has 0 atom stereocenters. The highest BCUT2D eigenvalue weighted by molar-refractivity contribution is 5.65. The molecule has 0 aromatic heterocycles. The number of carbonyl (C=O) groups excluding carboxylic acids is 1. The summed E-state index contributed by atoms with van der Waals surface area (Å²) in [5.41, 5.74) is 0.951. The summed E-state index contributed by atoms with van der Waals surface area (Å²) in [5.74, 6) is 0.535. The Morgan fingerprint density at radius 1 is 1.25 bits per heavy atom. The fourth-order valence-electron chi connectivity index (χ4n) is 1.07. The minimum atomic E-state index is -0.270. The predicted octanol–water partition coefficient (Wildman–Crippen LogP) is 1.65. The van der Waals surface area contributed by atoms with E-state index in [9.17, 15) is 4.79 Å². The Labute approximate surface area is 95.8 Å². The van der Waals surface area contributed by atoms with Crippen molar-refractivity contribution >= 4 is 5.97 Å². The third-order valence-electron chi connectivity index (χ3n) is 1.85. The molecule has 0 saturated heterocycles. The lowest BCUT2D eigenvalue weighted by Gasteiger charge is -2.11. The summed E-state index contributed by atoms with van der Waals surface area (Å²) in [7, 11) is 3.88. The van der Waals surface area contributed by atoms with E-state index < -0.39 is 0 Å². The zero-order valence-corrected chi connectivity index (χ0v) is 9.90.